The van der Waals surface area contributed by atoms with Crippen LogP contribution in [0.2, 0.25) is 0 Å². The zero-order valence-electron chi connectivity index (χ0n) is 19.2. The molecule has 0 saturated carbocycles. The van der Waals surface area contributed by atoms with E-state index >= 15 is 0 Å². The third kappa shape index (κ3) is 5.02. The summed E-state index contributed by atoms with van der Waals surface area (Å²) in [5.74, 6) is -0.997. The number of ether oxygens (including phenoxy) is 2. The lowest BCUT2D eigenvalue weighted by molar-refractivity contribution is -0.139. The molecular formula is C27H22N2O6S. The predicted molar refractivity (Wildman–Crippen MR) is 135 cm³/mol. The van der Waals surface area contributed by atoms with Crippen molar-refractivity contribution in [2.45, 2.75) is 0 Å². The highest BCUT2D eigenvalue weighted by Crippen LogP contribution is 2.33. The monoisotopic (exact) mass is 502 g/mol. The fraction of sp³-hybridized carbons (Fsp3) is 0.185. The van der Waals surface area contributed by atoms with E-state index in [4.69, 9.17) is 9.47 Å². The van der Waals surface area contributed by atoms with Crippen molar-refractivity contribution in [2.24, 2.45) is 0 Å². The quantitative estimate of drug-likeness (QED) is 0.296. The van der Waals surface area contributed by atoms with Crippen molar-refractivity contribution in [1.29, 1.82) is 0 Å². The van der Waals surface area contributed by atoms with Gasteiger partial charge in [0.2, 0.25) is 5.91 Å². The van der Waals surface area contributed by atoms with Crippen LogP contribution in [-0.4, -0.2) is 65.7 Å². The van der Waals surface area contributed by atoms with E-state index in [1.54, 1.807) is 47.4 Å². The average Bonchev–Trinajstić information content (AvgIpc) is 3.16. The normalized spacial score (nSPS) is 17.2. The fourth-order valence-corrected chi connectivity index (χ4v) is 4.91. The maximum Gasteiger partial charge on any atom is 0.344 e. The van der Waals surface area contributed by atoms with Crippen LogP contribution < -0.4 is 4.74 Å². The maximum absolute atomic E-state index is 12.9. The summed E-state index contributed by atoms with van der Waals surface area (Å²) in [5.41, 5.74) is 1.03. The van der Waals surface area contributed by atoms with Gasteiger partial charge < -0.3 is 14.4 Å². The van der Waals surface area contributed by atoms with Crippen LogP contribution in [0.15, 0.2) is 71.6 Å². The molecule has 0 bridgehead atoms. The number of hydrogen-bond acceptors (Lipinski definition) is 7. The van der Waals surface area contributed by atoms with Crippen LogP contribution in [0.3, 0.4) is 0 Å². The molecule has 9 heteroatoms. The highest BCUT2D eigenvalue weighted by atomic mass is 32.2. The average molecular weight is 503 g/mol. The fourth-order valence-electron chi connectivity index (χ4n) is 4.07. The molecule has 36 heavy (non-hydrogen) atoms. The van der Waals surface area contributed by atoms with Crippen molar-refractivity contribution in [3.8, 4) is 5.75 Å². The number of imide groups is 1. The van der Waals surface area contributed by atoms with Gasteiger partial charge in [-0.2, -0.15) is 0 Å². The van der Waals surface area contributed by atoms with Crippen molar-refractivity contribution >= 4 is 51.6 Å². The topological polar surface area (TPSA) is 93.2 Å². The minimum absolute atomic E-state index is 0.201. The van der Waals surface area contributed by atoms with Crippen LogP contribution in [-0.2, 0) is 14.3 Å². The lowest BCUT2D eigenvalue weighted by Crippen LogP contribution is -2.46. The Balaban J connectivity index is 1.29. The van der Waals surface area contributed by atoms with Crippen molar-refractivity contribution < 1.29 is 28.7 Å². The van der Waals surface area contributed by atoms with Crippen LogP contribution in [0.1, 0.15) is 15.9 Å². The van der Waals surface area contributed by atoms with E-state index in [9.17, 15) is 19.2 Å². The minimum atomic E-state index is -0.523. The Morgan fingerprint density at radius 1 is 0.972 bits per heavy atom. The molecule has 2 fully saturated rings. The molecule has 2 aliphatic heterocycles. The van der Waals surface area contributed by atoms with Crippen molar-refractivity contribution in [2.75, 3.05) is 32.8 Å². The molecule has 0 N–H and O–H groups in total. The Morgan fingerprint density at radius 3 is 2.56 bits per heavy atom. The molecule has 182 valence electrons. The second-order valence-corrected chi connectivity index (χ2v) is 9.24. The van der Waals surface area contributed by atoms with Crippen LogP contribution in [0, 0.1) is 0 Å². The summed E-state index contributed by atoms with van der Waals surface area (Å²) in [6.07, 6.45) is 1.55. The summed E-state index contributed by atoms with van der Waals surface area (Å²) in [6, 6.07) is 19.7. The van der Waals surface area contributed by atoms with Gasteiger partial charge in [-0.15, -0.1) is 0 Å². The largest absolute Gasteiger partial charge is 0.423 e. The van der Waals surface area contributed by atoms with Gasteiger partial charge in [0.15, 0.2) is 0 Å². The number of thioether (sulfide) groups is 1. The van der Waals surface area contributed by atoms with Gasteiger partial charge in [-0.1, -0.05) is 48.5 Å². The van der Waals surface area contributed by atoms with E-state index in [1.807, 2.05) is 30.3 Å². The van der Waals surface area contributed by atoms with Gasteiger partial charge in [-0.3, -0.25) is 19.3 Å². The number of carbonyl (C=O) groups excluding carboxylic acids is 4. The molecular weight excluding hydrogens is 480 g/mol. The molecule has 2 heterocycles. The molecule has 2 saturated heterocycles. The Labute approximate surface area is 211 Å². The van der Waals surface area contributed by atoms with Gasteiger partial charge in [0, 0.05) is 13.1 Å². The summed E-state index contributed by atoms with van der Waals surface area (Å²) < 4.78 is 10.8. The lowest BCUT2D eigenvalue weighted by atomic mass is 10.0. The molecule has 2 aliphatic rings. The molecule has 3 aromatic carbocycles. The highest BCUT2D eigenvalue weighted by molar-refractivity contribution is 8.18. The van der Waals surface area contributed by atoms with Crippen molar-refractivity contribution in [3.05, 3.63) is 82.8 Å². The SMILES string of the molecule is O=C(Oc1cccc(/C=C2\SC(=O)N(CC(=O)N3CCOCC3)C2=O)c1)c1cccc2ccccc12. The van der Waals surface area contributed by atoms with E-state index in [2.05, 4.69) is 0 Å². The number of fused-ring (bicyclic) bond motifs is 1. The lowest BCUT2D eigenvalue weighted by Gasteiger charge is -2.28. The third-order valence-corrected chi connectivity index (χ3v) is 6.81. The molecule has 8 nitrogen and oxygen atoms in total. The molecule has 0 radical (unpaired) electrons. The van der Waals surface area contributed by atoms with E-state index in [-0.39, 0.29) is 17.4 Å². The van der Waals surface area contributed by atoms with Crippen LogP contribution in [0.5, 0.6) is 5.75 Å². The summed E-state index contributed by atoms with van der Waals surface area (Å²) in [4.78, 5) is 53.4. The number of carbonyl (C=O) groups is 4. The number of amides is 3. The molecule has 5 rings (SSSR count). The van der Waals surface area contributed by atoms with Gasteiger partial charge in [0.05, 0.1) is 23.7 Å². The third-order valence-electron chi connectivity index (χ3n) is 5.91. The van der Waals surface area contributed by atoms with Gasteiger partial charge in [0.1, 0.15) is 12.3 Å². The molecule has 0 aromatic heterocycles. The number of hydrogen-bond donors (Lipinski definition) is 0. The standard InChI is InChI=1S/C27H22N2O6S/c30-24(28-11-13-34-14-12-28)17-29-25(31)23(36-27(29)33)16-18-5-3-8-20(15-18)35-26(32)22-10-4-7-19-6-1-2-9-21(19)22/h1-10,15-16H,11-14,17H2/b23-16-. The Hall–Kier alpha value is -3.95. The Bertz CT molecular complexity index is 1390. The smallest absolute Gasteiger partial charge is 0.344 e. The minimum Gasteiger partial charge on any atom is -0.423 e. The summed E-state index contributed by atoms with van der Waals surface area (Å²) >= 11 is 0.779. The number of esters is 1. The van der Waals surface area contributed by atoms with Crippen LogP contribution in [0.4, 0.5) is 4.79 Å². The van der Waals surface area contributed by atoms with Gasteiger partial charge in [0.25, 0.3) is 11.1 Å². The molecule has 3 aromatic rings. The second-order valence-electron chi connectivity index (χ2n) is 8.25. The number of nitrogens with zero attached hydrogens (tertiary/aromatic N) is 2. The number of rotatable bonds is 5. The van der Waals surface area contributed by atoms with E-state index in [0.29, 0.717) is 43.2 Å². The van der Waals surface area contributed by atoms with E-state index in [1.165, 1.54) is 0 Å². The summed E-state index contributed by atoms with van der Waals surface area (Å²) in [6.45, 7) is 1.46. The zero-order chi connectivity index (χ0) is 25.1. The molecule has 0 aliphatic carbocycles. The summed E-state index contributed by atoms with van der Waals surface area (Å²) in [7, 11) is 0. The molecule has 0 spiro atoms. The van der Waals surface area contributed by atoms with Crippen molar-refractivity contribution in [3.63, 3.8) is 0 Å². The van der Waals surface area contributed by atoms with Crippen LogP contribution >= 0.6 is 11.8 Å². The number of morpholine rings is 1. The first-order valence-corrected chi connectivity index (χ1v) is 12.2. The van der Waals surface area contributed by atoms with E-state index in [0.717, 1.165) is 27.4 Å². The van der Waals surface area contributed by atoms with Gasteiger partial charge >= 0.3 is 5.97 Å². The predicted octanol–water partition coefficient (Wildman–Crippen LogP) is 3.95. The second kappa shape index (κ2) is 10.3. The first kappa shape index (κ1) is 23.8. The molecule has 0 atom stereocenters. The number of benzene rings is 3. The van der Waals surface area contributed by atoms with E-state index < -0.39 is 17.1 Å². The first-order valence-electron chi connectivity index (χ1n) is 11.4. The summed E-state index contributed by atoms with van der Waals surface area (Å²) in [5, 5.41) is 1.23. The highest BCUT2D eigenvalue weighted by Gasteiger charge is 2.37. The van der Waals surface area contributed by atoms with Gasteiger partial charge in [-0.25, -0.2) is 4.79 Å². The van der Waals surface area contributed by atoms with Crippen LogP contribution in [0.25, 0.3) is 16.8 Å². The van der Waals surface area contributed by atoms with Crippen molar-refractivity contribution in [1.82, 2.24) is 9.80 Å². The molecule has 3 amide bonds. The Morgan fingerprint density at radius 2 is 1.72 bits per heavy atom. The van der Waals surface area contributed by atoms with Gasteiger partial charge in [-0.05, 0) is 52.4 Å². The first-order chi connectivity index (χ1) is 17.5. The molecule has 0 unspecified atom stereocenters. The maximum atomic E-state index is 12.9. The Kier molecular flexibility index (Phi) is 6.84. The zero-order valence-corrected chi connectivity index (χ0v) is 20.0.